The Balaban J connectivity index is 1.89. The lowest BCUT2D eigenvalue weighted by atomic mass is 10.2. The number of ether oxygens (including phenoxy) is 1. The predicted molar refractivity (Wildman–Crippen MR) is 131 cm³/mol. The lowest BCUT2D eigenvalue weighted by Gasteiger charge is -2.28. The van der Waals surface area contributed by atoms with Crippen LogP contribution in [0.3, 0.4) is 0 Å². The normalized spacial score (nSPS) is 11.4. The van der Waals surface area contributed by atoms with Gasteiger partial charge in [0.05, 0.1) is 19.4 Å². The van der Waals surface area contributed by atoms with Gasteiger partial charge in [0.25, 0.3) is 0 Å². The topological polar surface area (TPSA) is 9.23 Å². The molecule has 0 aliphatic rings. The van der Waals surface area contributed by atoms with Crippen molar-refractivity contribution in [1.82, 2.24) is 0 Å². The smallest absolute Gasteiger partial charge is 0.194 e. The van der Waals surface area contributed by atoms with Gasteiger partial charge in [-0.3, -0.25) is 4.39 Å². The second-order valence-corrected chi connectivity index (χ2v) is 11.4. The average molecular weight is 483 g/mol. The fourth-order valence-corrected chi connectivity index (χ4v) is 8.29. The molecule has 4 aromatic rings. The first-order valence-electron chi connectivity index (χ1n) is 11.0. The van der Waals surface area contributed by atoms with Crippen molar-refractivity contribution in [3.8, 4) is 5.75 Å². The summed E-state index contributed by atoms with van der Waals surface area (Å²) in [5.41, 5.74) is 0.376. The van der Waals surface area contributed by atoms with E-state index >= 15 is 0 Å². The highest BCUT2D eigenvalue weighted by Crippen LogP contribution is 2.58. The molecule has 174 valence electrons. The maximum atomic E-state index is 14.2. The highest BCUT2D eigenvalue weighted by atomic mass is 31.2. The molecule has 0 saturated carbocycles. The fraction of sp³-hybridized carbons (Fsp3) is 0.143. The molecule has 0 atom stereocenters. The summed E-state index contributed by atoms with van der Waals surface area (Å²) in [5, 5.41) is 3.03. The fourth-order valence-electron chi connectivity index (χ4n) is 4.10. The van der Waals surface area contributed by atoms with Gasteiger partial charge in [-0.15, -0.1) is 0 Å². The summed E-state index contributed by atoms with van der Waals surface area (Å²) in [6, 6.07) is 29.4. The first kappa shape index (κ1) is 24.0. The van der Waals surface area contributed by atoms with E-state index in [0.29, 0.717) is 23.9 Å². The Hall–Kier alpha value is -3.17. The largest absolute Gasteiger partial charge is 0.493 e. The molecular weight excluding hydrogens is 459 g/mol. The zero-order valence-corrected chi connectivity index (χ0v) is 19.3. The van der Waals surface area contributed by atoms with Gasteiger partial charge in [-0.25, -0.2) is 13.2 Å². The first-order chi connectivity index (χ1) is 16.5. The van der Waals surface area contributed by atoms with E-state index in [1.165, 1.54) is 0 Å². The highest BCUT2D eigenvalue weighted by molar-refractivity contribution is 7.95. The van der Waals surface area contributed by atoms with Crippen molar-refractivity contribution in [3.05, 3.63) is 120 Å². The predicted octanol–water partition coefficient (Wildman–Crippen LogP) is 6.34. The van der Waals surface area contributed by atoms with Gasteiger partial charge >= 0.3 is 0 Å². The summed E-state index contributed by atoms with van der Waals surface area (Å²) in [7, 11) is -2.45. The van der Waals surface area contributed by atoms with Crippen molar-refractivity contribution in [2.45, 2.75) is 12.6 Å². The van der Waals surface area contributed by atoms with Crippen molar-refractivity contribution >= 4 is 23.2 Å². The van der Waals surface area contributed by atoms with Crippen LogP contribution in [0.2, 0.25) is 0 Å². The molecule has 0 heterocycles. The average Bonchev–Trinajstić information content (AvgIpc) is 2.87. The second kappa shape index (κ2) is 10.8. The van der Waals surface area contributed by atoms with Gasteiger partial charge in [-0.2, -0.15) is 0 Å². The van der Waals surface area contributed by atoms with E-state index < -0.39 is 31.4 Å². The zero-order valence-electron chi connectivity index (χ0n) is 18.4. The zero-order chi connectivity index (χ0) is 24.0. The molecule has 0 amide bonds. The van der Waals surface area contributed by atoms with E-state index in [0.717, 1.165) is 28.0 Å². The number of alkyl halides is 1. The minimum Gasteiger partial charge on any atom is -0.493 e. The van der Waals surface area contributed by atoms with Crippen LogP contribution in [0.1, 0.15) is 12.0 Å². The Morgan fingerprint density at radius 1 is 0.647 bits per heavy atom. The van der Waals surface area contributed by atoms with Crippen LogP contribution in [-0.4, -0.2) is 13.3 Å². The molecular formula is C28H24F4OP+. The standard InChI is InChI=1S/C28H24F4OP/c29-16-7-17-33-22-12-14-25(15-13-22)34(23-8-3-1-4-9-23,24-10-5-2-6-11-24)20-21-18-26(30)28(32)27(31)19-21/h1-6,8-15,18-19H,7,16-17,20H2/q+1. The Morgan fingerprint density at radius 3 is 1.65 bits per heavy atom. The maximum Gasteiger partial charge on any atom is 0.194 e. The third-order valence-electron chi connectivity index (χ3n) is 5.68. The van der Waals surface area contributed by atoms with Crippen molar-refractivity contribution < 1.29 is 22.3 Å². The van der Waals surface area contributed by atoms with Crippen LogP contribution in [0.25, 0.3) is 0 Å². The third kappa shape index (κ3) is 5.00. The van der Waals surface area contributed by atoms with Crippen molar-refractivity contribution in [3.63, 3.8) is 0 Å². The minimum absolute atomic E-state index is 0.279. The molecule has 0 unspecified atom stereocenters. The molecule has 0 spiro atoms. The molecule has 0 N–H and O–H groups in total. The summed E-state index contributed by atoms with van der Waals surface area (Å²) in [6.45, 7) is -0.166. The SMILES string of the molecule is FCCCOc1ccc([P+](Cc2cc(F)c(F)c(F)c2)(c2ccccc2)c2ccccc2)cc1. The van der Waals surface area contributed by atoms with Gasteiger partial charge < -0.3 is 4.74 Å². The Bertz CT molecular complexity index is 1150. The van der Waals surface area contributed by atoms with E-state index in [9.17, 15) is 17.6 Å². The molecule has 4 rings (SSSR count). The summed E-state index contributed by atoms with van der Waals surface area (Å²) >= 11 is 0. The summed E-state index contributed by atoms with van der Waals surface area (Å²) < 4.78 is 60.1. The lowest BCUT2D eigenvalue weighted by Crippen LogP contribution is -2.32. The molecule has 6 heteroatoms. The van der Waals surface area contributed by atoms with Crippen LogP contribution in [-0.2, 0) is 6.16 Å². The Labute approximate surface area is 197 Å². The number of benzene rings is 4. The number of halogens is 4. The summed E-state index contributed by atoms with van der Waals surface area (Å²) in [6.07, 6.45) is 0.617. The van der Waals surface area contributed by atoms with Crippen LogP contribution in [0.5, 0.6) is 5.75 Å². The van der Waals surface area contributed by atoms with Crippen LogP contribution < -0.4 is 20.7 Å². The third-order valence-corrected chi connectivity index (χ3v) is 10.1. The second-order valence-electron chi connectivity index (χ2n) is 7.90. The number of rotatable bonds is 9. The molecule has 34 heavy (non-hydrogen) atoms. The van der Waals surface area contributed by atoms with Crippen LogP contribution in [0.15, 0.2) is 97.1 Å². The van der Waals surface area contributed by atoms with E-state index in [4.69, 9.17) is 4.74 Å². The Morgan fingerprint density at radius 2 is 1.15 bits per heavy atom. The molecule has 0 radical (unpaired) electrons. The van der Waals surface area contributed by atoms with Crippen LogP contribution in [0, 0.1) is 17.5 Å². The van der Waals surface area contributed by atoms with Gasteiger partial charge in [0.2, 0.25) is 0 Å². The van der Waals surface area contributed by atoms with Crippen molar-refractivity contribution in [2.24, 2.45) is 0 Å². The van der Waals surface area contributed by atoms with E-state index in [1.807, 2.05) is 84.9 Å². The molecule has 4 aromatic carbocycles. The van der Waals surface area contributed by atoms with Gasteiger partial charge in [0.1, 0.15) is 28.9 Å². The van der Waals surface area contributed by atoms with Crippen LogP contribution in [0.4, 0.5) is 17.6 Å². The molecule has 1 nitrogen and oxygen atoms in total. The molecule has 0 aromatic heterocycles. The first-order valence-corrected chi connectivity index (χ1v) is 12.9. The van der Waals surface area contributed by atoms with Gasteiger partial charge in [-0.1, -0.05) is 36.4 Å². The monoisotopic (exact) mass is 483 g/mol. The molecule has 0 bridgehead atoms. The molecule has 0 aliphatic heterocycles. The molecule has 0 fully saturated rings. The van der Waals surface area contributed by atoms with Gasteiger partial charge in [0.15, 0.2) is 17.5 Å². The number of hydrogen-bond donors (Lipinski definition) is 0. The quantitative estimate of drug-likeness (QED) is 0.117. The van der Waals surface area contributed by atoms with E-state index in [2.05, 4.69) is 0 Å². The van der Waals surface area contributed by atoms with Gasteiger partial charge in [-0.05, 0) is 66.2 Å². The van der Waals surface area contributed by atoms with Crippen LogP contribution >= 0.6 is 7.26 Å². The summed E-state index contributed by atoms with van der Waals surface area (Å²) in [5.74, 6) is -3.26. The van der Waals surface area contributed by atoms with E-state index in [-0.39, 0.29) is 6.61 Å². The maximum absolute atomic E-state index is 14.2. The number of hydrogen-bond acceptors (Lipinski definition) is 1. The minimum atomic E-state index is -2.45. The lowest BCUT2D eigenvalue weighted by molar-refractivity contribution is 0.290. The molecule has 0 aliphatic carbocycles. The van der Waals surface area contributed by atoms with Crippen molar-refractivity contribution in [2.75, 3.05) is 13.3 Å². The van der Waals surface area contributed by atoms with E-state index in [1.54, 1.807) is 0 Å². The van der Waals surface area contributed by atoms with Gasteiger partial charge in [0, 0.05) is 6.42 Å². The Kier molecular flexibility index (Phi) is 7.64. The van der Waals surface area contributed by atoms with Crippen molar-refractivity contribution in [1.29, 1.82) is 0 Å². The molecule has 0 saturated heterocycles. The summed E-state index contributed by atoms with van der Waals surface area (Å²) in [4.78, 5) is 0. The highest BCUT2D eigenvalue weighted by Gasteiger charge is 2.45.